The molecule has 50 heavy (non-hydrogen) atoms. The SMILES string of the molecule is C=CC1C(OC2OC(COC(=O)C=Cc3cc(OC)c(O)c(OC)c3)C(O)C(O)C2O)OC=C2C(=O)N3CCc4cc(O)c(O)cc4C3CC21. The Morgan fingerprint density at radius 1 is 1.00 bits per heavy atom. The van der Waals surface area contributed by atoms with E-state index < -0.39 is 67.4 Å². The number of carbonyl (C=O) groups excluding carboxylic acids is 2. The molecule has 0 aromatic heterocycles. The van der Waals surface area contributed by atoms with E-state index in [2.05, 4.69) is 6.58 Å². The average molecular weight is 698 g/mol. The second-order valence-electron chi connectivity index (χ2n) is 12.4. The van der Waals surface area contributed by atoms with Gasteiger partial charge in [-0.3, -0.25) is 4.79 Å². The molecule has 2 fully saturated rings. The predicted molar refractivity (Wildman–Crippen MR) is 172 cm³/mol. The zero-order valence-electron chi connectivity index (χ0n) is 27.2. The zero-order chi connectivity index (χ0) is 35.9. The number of aliphatic hydroxyl groups is 3. The van der Waals surface area contributed by atoms with E-state index in [-0.39, 0.29) is 34.7 Å². The van der Waals surface area contributed by atoms with Crippen molar-refractivity contribution < 1.29 is 68.6 Å². The number of phenols is 3. The van der Waals surface area contributed by atoms with Gasteiger partial charge in [-0.2, -0.15) is 0 Å². The first-order chi connectivity index (χ1) is 23.9. The van der Waals surface area contributed by atoms with Crippen molar-refractivity contribution in [1.82, 2.24) is 4.90 Å². The van der Waals surface area contributed by atoms with E-state index in [9.17, 15) is 40.2 Å². The van der Waals surface area contributed by atoms with Crippen LogP contribution < -0.4 is 9.47 Å². The van der Waals surface area contributed by atoms with Gasteiger partial charge in [-0.25, -0.2) is 4.79 Å². The van der Waals surface area contributed by atoms with Crippen molar-refractivity contribution in [2.75, 3.05) is 27.4 Å². The summed E-state index contributed by atoms with van der Waals surface area (Å²) in [5, 5.41) is 62.4. The van der Waals surface area contributed by atoms with E-state index in [0.717, 1.165) is 17.2 Å². The minimum Gasteiger partial charge on any atom is -0.504 e. The number of nitrogens with zero attached hydrogens (tertiary/aromatic N) is 1. The first-order valence-corrected chi connectivity index (χ1v) is 15.9. The van der Waals surface area contributed by atoms with Gasteiger partial charge in [0.05, 0.1) is 32.1 Å². The highest BCUT2D eigenvalue weighted by atomic mass is 16.8. The number of esters is 1. The Labute approximate surface area is 286 Å². The maximum Gasteiger partial charge on any atom is 0.330 e. The van der Waals surface area contributed by atoms with Crippen molar-refractivity contribution >= 4 is 18.0 Å². The van der Waals surface area contributed by atoms with Crippen LogP contribution in [0.15, 0.2) is 54.8 Å². The van der Waals surface area contributed by atoms with E-state index in [4.69, 9.17) is 28.4 Å². The molecule has 2 saturated heterocycles. The average Bonchev–Trinajstić information content (AvgIpc) is 3.11. The summed E-state index contributed by atoms with van der Waals surface area (Å²) in [7, 11) is 2.72. The lowest BCUT2D eigenvalue weighted by molar-refractivity contribution is -0.339. The number of methoxy groups -OCH3 is 2. The number of rotatable bonds is 9. The van der Waals surface area contributed by atoms with Crippen LogP contribution in [0.2, 0.25) is 0 Å². The zero-order valence-corrected chi connectivity index (χ0v) is 27.2. The number of fused-ring (bicyclic) bond motifs is 4. The molecule has 0 spiro atoms. The van der Waals surface area contributed by atoms with Gasteiger partial charge in [0.1, 0.15) is 31.0 Å². The number of benzene rings is 2. The molecule has 9 atom stereocenters. The first-order valence-electron chi connectivity index (χ1n) is 15.9. The summed E-state index contributed by atoms with van der Waals surface area (Å²) >= 11 is 0. The maximum absolute atomic E-state index is 13.6. The third-order valence-corrected chi connectivity index (χ3v) is 9.60. The van der Waals surface area contributed by atoms with Gasteiger partial charge in [-0.15, -0.1) is 6.58 Å². The minimum absolute atomic E-state index is 0.125. The van der Waals surface area contributed by atoms with Crippen molar-refractivity contribution in [2.24, 2.45) is 11.8 Å². The van der Waals surface area contributed by atoms with Gasteiger partial charge >= 0.3 is 5.97 Å². The third-order valence-electron chi connectivity index (χ3n) is 9.60. The summed E-state index contributed by atoms with van der Waals surface area (Å²) < 4.78 is 33.1. The van der Waals surface area contributed by atoms with Crippen molar-refractivity contribution in [1.29, 1.82) is 0 Å². The fourth-order valence-electron chi connectivity index (χ4n) is 6.92. The van der Waals surface area contributed by atoms with E-state index in [1.807, 2.05) is 0 Å². The lowest BCUT2D eigenvalue weighted by Gasteiger charge is -2.48. The number of aromatic hydroxyl groups is 3. The first kappa shape index (κ1) is 35.0. The van der Waals surface area contributed by atoms with Crippen LogP contribution in [-0.4, -0.2) is 112 Å². The number of hydrogen-bond acceptors (Lipinski definition) is 14. The molecule has 0 aliphatic carbocycles. The molecule has 2 aromatic rings. The number of hydrogen-bond donors (Lipinski definition) is 6. The molecule has 4 heterocycles. The Morgan fingerprint density at radius 3 is 2.38 bits per heavy atom. The van der Waals surface area contributed by atoms with Gasteiger partial charge in [0.25, 0.3) is 5.91 Å². The molecule has 268 valence electrons. The monoisotopic (exact) mass is 697 g/mol. The number of ether oxygens (including phenoxy) is 6. The molecule has 4 aliphatic heterocycles. The number of aliphatic hydroxyl groups excluding tert-OH is 3. The number of carbonyl (C=O) groups is 2. The summed E-state index contributed by atoms with van der Waals surface area (Å²) in [6.07, 6.45) is -2.83. The number of amides is 1. The van der Waals surface area contributed by atoms with Crippen LogP contribution in [0, 0.1) is 11.8 Å². The second-order valence-corrected chi connectivity index (χ2v) is 12.4. The van der Waals surface area contributed by atoms with E-state index in [0.29, 0.717) is 30.5 Å². The van der Waals surface area contributed by atoms with Crippen molar-refractivity contribution in [3.63, 3.8) is 0 Å². The predicted octanol–water partition coefficient (Wildman–Crippen LogP) is 1.39. The smallest absolute Gasteiger partial charge is 0.330 e. The van der Waals surface area contributed by atoms with Crippen LogP contribution in [0.3, 0.4) is 0 Å². The van der Waals surface area contributed by atoms with Crippen LogP contribution >= 0.6 is 0 Å². The van der Waals surface area contributed by atoms with Crippen LogP contribution in [0.5, 0.6) is 28.7 Å². The topological polar surface area (TPSA) is 214 Å². The van der Waals surface area contributed by atoms with Gasteiger partial charge in [-0.05, 0) is 59.9 Å². The van der Waals surface area contributed by atoms with Gasteiger partial charge < -0.3 is 64.0 Å². The normalized spacial score (nSPS) is 30.3. The Kier molecular flexibility index (Phi) is 9.96. The molecule has 0 radical (unpaired) electrons. The molecular formula is C35H39NO14. The van der Waals surface area contributed by atoms with Crippen LogP contribution in [-0.2, 0) is 35.0 Å². The standard InChI is InChI=1S/C35H39NO14/c1-4-18-20-12-22-19-13-24(38)23(37)11-17(19)7-8-36(22)33(44)21(20)14-48-34(18)50-35-32(43)31(42)30(41)27(49-35)15-47-28(39)6-5-16-9-25(45-2)29(40)26(10-16)46-3/h4-6,9-11,13-14,18,20,22,27,30-32,34-35,37-38,40-43H,1,7-8,12,15H2,2-3H3. The molecule has 4 aliphatic rings. The maximum atomic E-state index is 13.6. The number of phenolic OH excluding ortho intramolecular Hbond substituents is 3. The highest BCUT2D eigenvalue weighted by Gasteiger charge is 2.51. The lowest BCUT2D eigenvalue weighted by atomic mass is 9.73. The van der Waals surface area contributed by atoms with Crippen molar-refractivity contribution in [3.05, 3.63) is 71.5 Å². The molecule has 0 saturated carbocycles. The Morgan fingerprint density at radius 2 is 1.70 bits per heavy atom. The summed E-state index contributed by atoms with van der Waals surface area (Å²) in [6.45, 7) is 3.81. The highest BCUT2D eigenvalue weighted by Crippen LogP contribution is 2.49. The van der Waals surface area contributed by atoms with E-state index >= 15 is 0 Å². The van der Waals surface area contributed by atoms with Gasteiger partial charge in [-0.1, -0.05) is 6.08 Å². The second kappa shape index (κ2) is 14.2. The molecule has 0 bridgehead atoms. The molecular weight excluding hydrogens is 658 g/mol. The van der Waals surface area contributed by atoms with Gasteiger partial charge in [0, 0.05) is 24.5 Å². The quantitative estimate of drug-likeness (QED) is 0.0946. The molecule has 6 rings (SSSR count). The Balaban J connectivity index is 1.13. The van der Waals surface area contributed by atoms with Crippen molar-refractivity contribution in [3.8, 4) is 28.7 Å². The van der Waals surface area contributed by atoms with Gasteiger partial charge in [0.2, 0.25) is 12.0 Å². The largest absolute Gasteiger partial charge is 0.504 e. The van der Waals surface area contributed by atoms with Crippen LogP contribution in [0.25, 0.3) is 6.08 Å². The minimum atomic E-state index is -1.74. The summed E-state index contributed by atoms with van der Waals surface area (Å²) in [6, 6.07) is 5.53. The Hall–Kier alpha value is -4.80. The summed E-state index contributed by atoms with van der Waals surface area (Å²) in [5.74, 6) is -2.63. The summed E-state index contributed by atoms with van der Waals surface area (Å²) in [5.41, 5.74) is 2.41. The van der Waals surface area contributed by atoms with E-state index in [1.165, 1.54) is 50.8 Å². The van der Waals surface area contributed by atoms with Crippen molar-refractivity contribution in [2.45, 2.75) is 55.9 Å². The molecule has 1 amide bonds. The fraction of sp³-hybridized carbons (Fsp3) is 0.429. The van der Waals surface area contributed by atoms with Gasteiger partial charge in [0.15, 0.2) is 29.3 Å². The molecule has 2 aromatic carbocycles. The third kappa shape index (κ3) is 6.45. The fourth-order valence-corrected chi connectivity index (χ4v) is 6.92. The van der Waals surface area contributed by atoms with E-state index in [1.54, 1.807) is 11.0 Å². The highest BCUT2D eigenvalue weighted by molar-refractivity contribution is 5.95. The summed E-state index contributed by atoms with van der Waals surface area (Å²) in [4.78, 5) is 27.9. The Bertz CT molecular complexity index is 1680. The molecule has 15 heteroatoms. The lowest BCUT2D eigenvalue weighted by Crippen LogP contribution is -2.60. The number of piperidine rings is 1. The molecule has 15 nitrogen and oxygen atoms in total. The van der Waals surface area contributed by atoms with Crippen LogP contribution in [0.4, 0.5) is 0 Å². The van der Waals surface area contributed by atoms with Crippen LogP contribution in [0.1, 0.15) is 29.2 Å². The molecule has 6 N–H and O–H groups in total. The molecule has 9 unspecified atom stereocenters.